The van der Waals surface area contributed by atoms with Gasteiger partial charge in [-0.25, -0.2) is 0 Å². The van der Waals surface area contributed by atoms with Crippen LogP contribution in [-0.2, 0) is 4.57 Å². The first-order valence-corrected chi connectivity index (χ1v) is 6.23. The van der Waals surface area contributed by atoms with Crippen molar-refractivity contribution in [1.82, 2.24) is 0 Å². The summed E-state index contributed by atoms with van der Waals surface area (Å²) in [5, 5.41) is 2.76. The van der Waals surface area contributed by atoms with Gasteiger partial charge >= 0.3 is 67.9 Å². The molecule has 0 heterocycles. The van der Waals surface area contributed by atoms with Gasteiger partial charge in [0.1, 0.15) is 0 Å². The molecular weight excluding hydrogens is 212 g/mol. The van der Waals surface area contributed by atoms with Crippen molar-refractivity contribution in [3.05, 3.63) is 30.3 Å². The molecule has 10 heavy (non-hydrogen) atoms. The van der Waals surface area contributed by atoms with Crippen LogP contribution in [0.4, 0.5) is 5.69 Å². The van der Waals surface area contributed by atoms with E-state index in [4.69, 9.17) is 0 Å². The van der Waals surface area contributed by atoms with Gasteiger partial charge in [-0.3, -0.25) is 0 Å². The van der Waals surface area contributed by atoms with Gasteiger partial charge in [0.05, 0.1) is 0 Å². The van der Waals surface area contributed by atoms with Crippen molar-refractivity contribution in [1.29, 1.82) is 0 Å². The fourth-order valence-electron chi connectivity index (χ4n) is 0.618. The molecule has 0 aliphatic carbocycles. The molecule has 1 unspecified atom stereocenters. The Labute approximate surface area is 68.3 Å². The molecule has 0 saturated carbocycles. The van der Waals surface area contributed by atoms with Gasteiger partial charge in [0.2, 0.25) is 0 Å². The van der Waals surface area contributed by atoms with E-state index in [1.165, 1.54) is 0 Å². The van der Waals surface area contributed by atoms with Gasteiger partial charge in [0.15, 0.2) is 0 Å². The zero-order valence-electron chi connectivity index (χ0n) is 5.15. The number of benzene rings is 1. The molecule has 51 valence electrons. The third-order valence-corrected chi connectivity index (χ3v) is 2.01. The summed E-state index contributed by atoms with van der Waals surface area (Å²) in [7, 11) is 0. The first kappa shape index (κ1) is 7.74. The fraction of sp³-hybridized carbons (Fsp3) is 0. The van der Waals surface area contributed by atoms with Gasteiger partial charge in [0, 0.05) is 0 Å². The Morgan fingerprint density at radius 3 is 2.40 bits per heavy atom. The Balaban J connectivity index is 2.67. The first-order valence-electron chi connectivity index (χ1n) is 2.75. The normalized spacial score (nSPS) is 10.7. The molecule has 1 atom stereocenters. The molecule has 0 aliphatic heterocycles. The van der Waals surface area contributed by atoms with E-state index >= 15 is 0 Å². The molecule has 0 fully saturated rings. The third kappa shape index (κ3) is 2.49. The maximum absolute atomic E-state index is 10.6. The van der Waals surface area contributed by atoms with Crippen LogP contribution in [0, 0.1) is 0 Å². The first-order chi connectivity index (χ1) is 4.79. The summed E-state index contributed by atoms with van der Waals surface area (Å²) in [4.78, 5) is 0. The molecule has 0 saturated heterocycles. The summed E-state index contributed by atoms with van der Waals surface area (Å²) in [6, 6.07) is 9.43. The average molecular weight is 218 g/mol. The summed E-state index contributed by atoms with van der Waals surface area (Å²) in [5.41, 5.74) is 0.877. The predicted octanol–water partition coefficient (Wildman–Crippen LogP) is 1.92. The SMILES string of the molecule is O=[P+]([Se])Nc1ccccc1. The quantitative estimate of drug-likeness (QED) is 0.606. The zero-order valence-corrected chi connectivity index (χ0v) is 7.76. The molecule has 0 spiro atoms. The van der Waals surface area contributed by atoms with Crippen LogP contribution in [0.5, 0.6) is 0 Å². The molecule has 0 aromatic heterocycles. The number of anilines is 1. The second-order valence-electron chi connectivity index (χ2n) is 1.73. The van der Waals surface area contributed by atoms with Crippen molar-refractivity contribution in [3.8, 4) is 0 Å². The second kappa shape index (κ2) is 3.72. The van der Waals surface area contributed by atoms with Crippen LogP contribution in [0.1, 0.15) is 0 Å². The summed E-state index contributed by atoms with van der Waals surface area (Å²) >= 11 is 2.49. The van der Waals surface area contributed by atoms with Crippen LogP contribution in [0.2, 0.25) is 0 Å². The minimum atomic E-state index is -1.40. The Morgan fingerprint density at radius 2 is 1.90 bits per heavy atom. The predicted molar refractivity (Wildman–Crippen MR) is 43.4 cm³/mol. The average Bonchev–Trinajstić information content (AvgIpc) is 1.88. The molecular formula is C6H6NOPSe+. The monoisotopic (exact) mass is 219 g/mol. The Hall–Kier alpha value is -0.361. The second-order valence-corrected chi connectivity index (χ2v) is 4.56. The van der Waals surface area contributed by atoms with Crippen molar-refractivity contribution in [2.24, 2.45) is 0 Å². The molecule has 4 heteroatoms. The standard InChI is InChI=1S/C6H6NOPSe/c8-9(10)7-6-4-2-1-3-5-6/h1-5H,(H,7,8)/q+1. The van der Waals surface area contributed by atoms with Crippen molar-refractivity contribution in [2.45, 2.75) is 0 Å². The molecule has 2 nitrogen and oxygen atoms in total. The minimum absolute atomic E-state index is 0.877. The van der Waals surface area contributed by atoms with Gasteiger partial charge in [-0.2, -0.15) is 0 Å². The molecule has 0 bridgehead atoms. The van der Waals surface area contributed by atoms with Gasteiger partial charge in [-0.15, -0.1) is 0 Å². The van der Waals surface area contributed by atoms with E-state index in [0.717, 1.165) is 5.69 Å². The summed E-state index contributed by atoms with van der Waals surface area (Å²) in [5.74, 6) is 0. The summed E-state index contributed by atoms with van der Waals surface area (Å²) in [6.07, 6.45) is 0. The fourth-order valence-corrected chi connectivity index (χ4v) is 1.64. The van der Waals surface area contributed by atoms with Gasteiger partial charge < -0.3 is 0 Å². The van der Waals surface area contributed by atoms with Gasteiger partial charge in [-0.05, 0) is 0 Å². The van der Waals surface area contributed by atoms with Crippen LogP contribution in [-0.4, -0.2) is 15.6 Å². The van der Waals surface area contributed by atoms with Crippen molar-refractivity contribution in [2.75, 3.05) is 5.09 Å². The molecule has 1 aromatic rings. The number of para-hydroxylation sites is 1. The van der Waals surface area contributed by atoms with Crippen LogP contribution in [0.3, 0.4) is 0 Å². The molecule has 1 radical (unpaired) electrons. The zero-order chi connectivity index (χ0) is 7.40. The molecule has 1 rings (SSSR count). The Morgan fingerprint density at radius 1 is 1.30 bits per heavy atom. The third-order valence-electron chi connectivity index (χ3n) is 0.994. The van der Waals surface area contributed by atoms with Gasteiger partial charge in [0.25, 0.3) is 0 Å². The van der Waals surface area contributed by atoms with E-state index in [9.17, 15) is 4.57 Å². The number of hydrogen-bond acceptors (Lipinski definition) is 1. The number of nitrogens with one attached hydrogen (secondary N) is 1. The summed E-state index contributed by atoms with van der Waals surface area (Å²) in [6.45, 7) is -1.40. The summed E-state index contributed by atoms with van der Waals surface area (Å²) < 4.78 is 10.6. The number of rotatable bonds is 2. The number of hydrogen-bond donors (Lipinski definition) is 1. The van der Waals surface area contributed by atoms with Crippen molar-refractivity contribution >= 4 is 27.9 Å². The van der Waals surface area contributed by atoms with Crippen LogP contribution in [0.25, 0.3) is 0 Å². The van der Waals surface area contributed by atoms with E-state index < -0.39 is 6.64 Å². The van der Waals surface area contributed by atoms with Crippen LogP contribution in [0.15, 0.2) is 30.3 Å². The van der Waals surface area contributed by atoms with Gasteiger partial charge in [-0.1, -0.05) is 0 Å². The maximum atomic E-state index is 10.6. The molecule has 0 aliphatic rings. The van der Waals surface area contributed by atoms with Crippen LogP contribution >= 0.6 is 6.64 Å². The van der Waals surface area contributed by atoms with E-state index in [1.807, 2.05) is 30.3 Å². The van der Waals surface area contributed by atoms with E-state index in [-0.39, 0.29) is 0 Å². The van der Waals surface area contributed by atoms with Crippen molar-refractivity contribution < 1.29 is 4.57 Å². The topological polar surface area (TPSA) is 29.1 Å². The Kier molecular flexibility index (Phi) is 2.88. The van der Waals surface area contributed by atoms with Crippen LogP contribution < -0.4 is 5.09 Å². The van der Waals surface area contributed by atoms with E-state index in [2.05, 4.69) is 20.7 Å². The van der Waals surface area contributed by atoms with E-state index in [0.29, 0.717) is 0 Å². The van der Waals surface area contributed by atoms with E-state index in [1.54, 1.807) is 0 Å². The molecule has 1 aromatic carbocycles. The van der Waals surface area contributed by atoms with Crippen molar-refractivity contribution in [3.63, 3.8) is 0 Å². The Bertz CT molecular complexity index is 226. The molecule has 1 N–H and O–H groups in total. The molecule has 0 amide bonds.